The van der Waals surface area contributed by atoms with Crippen LogP contribution in [0, 0.1) is 0 Å². The predicted octanol–water partition coefficient (Wildman–Crippen LogP) is 0.546. The van der Waals surface area contributed by atoms with Gasteiger partial charge in [0.25, 0.3) is 0 Å². The van der Waals surface area contributed by atoms with Gasteiger partial charge in [-0.1, -0.05) is 13.3 Å². The van der Waals surface area contributed by atoms with Crippen LogP contribution in [-0.4, -0.2) is 36.1 Å². The lowest BCUT2D eigenvalue weighted by molar-refractivity contribution is 0.0478. The van der Waals surface area contributed by atoms with Crippen LogP contribution in [0.25, 0.3) is 0 Å². The first-order valence-electron chi connectivity index (χ1n) is 4.18. The minimum atomic E-state index is -0.614. The molecule has 3 nitrogen and oxygen atoms in total. The summed E-state index contributed by atoms with van der Waals surface area (Å²) < 4.78 is 5.18. The second-order valence-corrected chi connectivity index (χ2v) is 2.59. The maximum absolute atomic E-state index is 8.88. The van der Waals surface area contributed by atoms with E-state index < -0.39 is 6.10 Å². The molecular formula is C8H18O3. The Morgan fingerprint density at radius 1 is 1.36 bits per heavy atom. The van der Waals surface area contributed by atoms with Crippen LogP contribution < -0.4 is 0 Å². The lowest BCUT2D eigenvalue weighted by atomic mass is 10.3. The van der Waals surface area contributed by atoms with Crippen molar-refractivity contribution in [2.45, 2.75) is 32.3 Å². The molecule has 11 heavy (non-hydrogen) atoms. The average Bonchev–Trinajstić information content (AvgIpc) is 2.04. The fourth-order valence-electron chi connectivity index (χ4n) is 0.659. The van der Waals surface area contributed by atoms with Crippen LogP contribution in [0.2, 0.25) is 0 Å². The van der Waals surface area contributed by atoms with Crippen LogP contribution in [0.5, 0.6) is 0 Å². The molecule has 0 rings (SSSR count). The molecule has 0 spiro atoms. The van der Waals surface area contributed by atoms with Crippen molar-refractivity contribution in [3.05, 3.63) is 0 Å². The zero-order valence-corrected chi connectivity index (χ0v) is 7.12. The average molecular weight is 162 g/mol. The molecule has 3 heteroatoms. The van der Waals surface area contributed by atoms with Crippen molar-refractivity contribution < 1.29 is 14.9 Å². The third kappa shape index (κ3) is 7.78. The van der Waals surface area contributed by atoms with E-state index in [1.165, 1.54) is 0 Å². The summed E-state index contributed by atoms with van der Waals surface area (Å²) in [7, 11) is 0. The lowest BCUT2D eigenvalue weighted by Crippen LogP contribution is -2.14. The van der Waals surface area contributed by atoms with Crippen molar-refractivity contribution in [2.24, 2.45) is 0 Å². The van der Waals surface area contributed by atoms with E-state index in [0.29, 0.717) is 13.0 Å². The highest BCUT2D eigenvalue weighted by molar-refractivity contribution is 4.50. The normalized spacial score (nSPS) is 13.4. The van der Waals surface area contributed by atoms with Crippen LogP contribution >= 0.6 is 0 Å². The van der Waals surface area contributed by atoms with Crippen molar-refractivity contribution in [1.82, 2.24) is 0 Å². The van der Waals surface area contributed by atoms with Crippen molar-refractivity contribution in [2.75, 3.05) is 19.8 Å². The summed E-state index contributed by atoms with van der Waals surface area (Å²) in [4.78, 5) is 0. The molecule has 1 atom stereocenters. The summed E-state index contributed by atoms with van der Waals surface area (Å²) >= 11 is 0. The summed E-state index contributed by atoms with van der Waals surface area (Å²) in [5, 5.41) is 17.3. The number of rotatable bonds is 7. The van der Waals surface area contributed by atoms with Crippen LogP contribution in [0.3, 0.4) is 0 Å². The Morgan fingerprint density at radius 2 is 2.09 bits per heavy atom. The monoisotopic (exact) mass is 162 g/mol. The second-order valence-electron chi connectivity index (χ2n) is 2.59. The SMILES string of the molecule is CCCCOCC[C@H](O)CO. The second kappa shape index (κ2) is 7.98. The molecule has 68 valence electrons. The Hall–Kier alpha value is -0.120. The Bertz CT molecular complexity index is 75.7. The Morgan fingerprint density at radius 3 is 2.64 bits per heavy atom. The van der Waals surface area contributed by atoms with Gasteiger partial charge in [0, 0.05) is 13.2 Å². The maximum atomic E-state index is 8.88. The molecule has 0 radical (unpaired) electrons. The summed E-state index contributed by atoms with van der Waals surface area (Å²) in [5.74, 6) is 0. The molecule has 0 amide bonds. The van der Waals surface area contributed by atoms with Gasteiger partial charge >= 0.3 is 0 Å². The number of hydrogen-bond acceptors (Lipinski definition) is 3. The van der Waals surface area contributed by atoms with E-state index in [1.54, 1.807) is 0 Å². The van der Waals surface area contributed by atoms with Gasteiger partial charge in [-0.25, -0.2) is 0 Å². The maximum Gasteiger partial charge on any atom is 0.0792 e. The van der Waals surface area contributed by atoms with E-state index in [1.807, 2.05) is 0 Å². The molecular weight excluding hydrogens is 144 g/mol. The zero-order valence-electron chi connectivity index (χ0n) is 7.12. The standard InChI is InChI=1S/C8H18O3/c1-2-3-5-11-6-4-8(10)7-9/h8-10H,2-7H2,1H3/t8-/m0/s1. The highest BCUT2D eigenvalue weighted by Crippen LogP contribution is 1.93. The fraction of sp³-hybridized carbons (Fsp3) is 1.00. The summed E-state index contributed by atoms with van der Waals surface area (Å²) in [5.41, 5.74) is 0. The molecule has 0 aliphatic heterocycles. The molecule has 0 aliphatic carbocycles. The number of unbranched alkanes of at least 4 members (excludes halogenated alkanes) is 1. The quantitative estimate of drug-likeness (QED) is 0.537. The molecule has 0 heterocycles. The van der Waals surface area contributed by atoms with Crippen molar-refractivity contribution in [3.63, 3.8) is 0 Å². The van der Waals surface area contributed by atoms with E-state index in [2.05, 4.69) is 6.92 Å². The highest BCUT2D eigenvalue weighted by atomic mass is 16.5. The molecule has 0 bridgehead atoms. The molecule has 0 aromatic carbocycles. The summed E-state index contributed by atoms with van der Waals surface area (Å²) in [6.07, 6.45) is 2.11. The fourth-order valence-corrected chi connectivity index (χ4v) is 0.659. The number of hydrogen-bond donors (Lipinski definition) is 2. The van der Waals surface area contributed by atoms with E-state index in [0.717, 1.165) is 19.4 Å². The molecule has 0 aromatic rings. The molecule has 0 aliphatic rings. The Kier molecular flexibility index (Phi) is 7.89. The minimum absolute atomic E-state index is 0.170. The largest absolute Gasteiger partial charge is 0.394 e. The first-order chi connectivity index (χ1) is 5.31. The third-order valence-corrected chi connectivity index (χ3v) is 1.45. The van der Waals surface area contributed by atoms with Crippen molar-refractivity contribution in [1.29, 1.82) is 0 Å². The predicted molar refractivity (Wildman–Crippen MR) is 43.4 cm³/mol. The van der Waals surface area contributed by atoms with Gasteiger partial charge in [-0.15, -0.1) is 0 Å². The number of aliphatic hydroxyl groups is 2. The van der Waals surface area contributed by atoms with Crippen LogP contribution in [0.4, 0.5) is 0 Å². The van der Waals surface area contributed by atoms with Gasteiger partial charge in [-0.3, -0.25) is 0 Å². The van der Waals surface area contributed by atoms with Crippen LogP contribution in [-0.2, 0) is 4.74 Å². The van der Waals surface area contributed by atoms with E-state index in [4.69, 9.17) is 14.9 Å². The summed E-state index contributed by atoms with van der Waals surface area (Å²) in [6.45, 7) is 3.24. The molecule has 0 unspecified atom stereocenters. The first-order valence-corrected chi connectivity index (χ1v) is 4.18. The number of ether oxygens (including phenoxy) is 1. The van der Waals surface area contributed by atoms with Crippen LogP contribution in [0.15, 0.2) is 0 Å². The summed E-state index contributed by atoms with van der Waals surface area (Å²) in [6, 6.07) is 0. The Balaban J connectivity index is 2.89. The molecule has 0 aromatic heterocycles. The smallest absolute Gasteiger partial charge is 0.0792 e. The molecule has 0 saturated heterocycles. The van der Waals surface area contributed by atoms with E-state index in [-0.39, 0.29) is 6.61 Å². The van der Waals surface area contributed by atoms with Gasteiger partial charge in [0.15, 0.2) is 0 Å². The van der Waals surface area contributed by atoms with Gasteiger partial charge in [-0.2, -0.15) is 0 Å². The minimum Gasteiger partial charge on any atom is -0.394 e. The van der Waals surface area contributed by atoms with Gasteiger partial charge in [0.2, 0.25) is 0 Å². The first kappa shape index (κ1) is 10.9. The molecule has 2 N–H and O–H groups in total. The van der Waals surface area contributed by atoms with E-state index in [9.17, 15) is 0 Å². The lowest BCUT2D eigenvalue weighted by Gasteiger charge is -2.06. The number of aliphatic hydroxyl groups excluding tert-OH is 2. The van der Waals surface area contributed by atoms with Gasteiger partial charge in [0.1, 0.15) is 0 Å². The van der Waals surface area contributed by atoms with Gasteiger partial charge in [0.05, 0.1) is 12.7 Å². The van der Waals surface area contributed by atoms with Crippen molar-refractivity contribution >= 4 is 0 Å². The van der Waals surface area contributed by atoms with Crippen molar-refractivity contribution in [3.8, 4) is 0 Å². The Labute approximate surface area is 68.0 Å². The topological polar surface area (TPSA) is 49.7 Å². The van der Waals surface area contributed by atoms with Gasteiger partial charge < -0.3 is 14.9 Å². The highest BCUT2D eigenvalue weighted by Gasteiger charge is 1.99. The third-order valence-electron chi connectivity index (χ3n) is 1.45. The zero-order chi connectivity index (χ0) is 8.53. The molecule has 0 fully saturated rings. The molecule has 0 saturated carbocycles. The van der Waals surface area contributed by atoms with Gasteiger partial charge in [-0.05, 0) is 12.8 Å². The van der Waals surface area contributed by atoms with Crippen LogP contribution in [0.1, 0.15) is 26.2 Å². The van der Waals surface area contributed by atoms with E-state index >= 15 is 0 Å².